The molecule has 2 aromatic carbocycles. The van der Waals surface area contributed by atoms with Gasteiger partial charge in [-0.3, -0.25) is 9.69 Å². The third-order valence-corrected chi connectivity index (χ3v) is 6.39. The number of aromatic nitrogens is 2. The van der Waals surface area contributed by atoms with E-state index in [0.29, 0.717) is 10.9 Å². The van der Waals surface area contributed by atoms with Crippen LogP contribution in [-0.2, 0) is 10.5 Å². The maximum atomic E-state index is 12.3. The summed E-state index contributed by atoms with van der Waals surface area (Å²) in [4.78, 5) is 23.4. The van der Waals surface area contributed by atoms with Crippen LogP contribution < -0.4 is 4.90 Å². The van der Waals surface area contributed by atoms with Crippen LogP contribution in [0.1, 0.15) is 23.7 Å². The van der Waals surface area contributed by atoms with Crippen LogP contribution in [0.25, 0.3) is 10.9 Å². The molecule has 6 heteroatoms. The zero-order valence-corrected chi connectivity index (χ0v) is 18.2. The molecule has 0 atom stereocenters. The third-order valence-electron chi connectivity index (χ3n) is 4.57. The Morgan fingerprint density at radius 2 is 1.90 bits per heavy atom. The van der Waals surface area contributed by atoms with Gasteiger partial charge < -0.3 is 0 Å². The number of thioether (sulfide) groups is 1. The van der Waals surface area contributed by atoms with Crippen LogP contribution in [0.5, 0.6) is 0 Å². The summed E-state index contributed by atoms with van der Waals surface area (Å²) < 4.78 is 0. The second-order valence-electron chi connectivity index (χ2n) is 6.90. The Hall–Kier alpha value is -2.70. The second kappa shape index (κ2) is 8.35. The first kappa shape index (κ1) is 19.6. The summed E-state index contributed by atoms with van der Waals surface area (Å²) in [6.45, 7) is 5.70. The van der Waals surface area contributed by atoms with E-state index in [4.69, 9.17) is 9.97 Å². The molecule has 0 saturated heterocycles. The first-order valence-corrected chi connectivity index (χ1v) is 11.2. The Bertz CT molecular complexity index is 1190. The summed E-state index contributed by atoms with van der Waals surface area (Å²) >= 11 is 3.15. The molecule has 0 unspecified atom stereocenters. The molecule has 0 fully saturated rings. The molecule has 0 aliphatic heterocycles. The fourth-order valence-corrected chi connectivity index (χ4v) is 5.06. The fraction of sp³-hybridized carbons (Fsp3) is 0.174. The van der Waals surface area contributed by atoms with E-state index in [2.05, 4.69) is 19.1 Å². The highest BCUT2D eigenvalue weighted by atomic mass is 32.2. The molecular formula is C23H21N3OS2. The average molecular weight is 420 g/mol. The predicted octanol–water partition coefficient (Wildman–Crippen LogP) is 6.29. The lowest BCUT2D eigenvalue weighted by atomic mass is 10.1. The van der Waals surface area contributed by atoms with Gasteiger partial charge in [0, 0.05) is 23.4 Å². The van der Waals surface area contributed by atoms with Gasteiger partial charge >= 0.3 is 0 Å². The smallest absolute Gasteiger partial charge is 0.230 e. The zero-order valence-electron chi connectivity index (χ0n) is 16.5. The largest absolute Gasteiger partial charge is 0.274 e. The molecule has 2 aromatic heterocycles. The quantitative estimate of drug-likeness (QED) is 0.357. The summed E-state index contributed by atoms with van der Waals surface area (Å²) in [7, 11) is 0. The summed E-state index contributed by atoms with van der Waals surface area (Å²) in [6, 6.07) is 18.2. The summed E-state index contributed by atoms with van der Waals surface area (Å²) in [6.07, 6.45) is 0. The van der Waals surface area contributed by atoms with Gasteiger partial charge in [-0.2, -0.15) is 0 Å². The number of para-hydroxylation sites is 1. The number of pyridine rings is 1. The summed E-state index contributed by atoms with van der Waals surface area (Å²) in [5.41, 5.74) is 5.13. The number of thiazole rings is 1. The molecule has 29 heavy (non-hydrogen) atoms. The van der Waals surface area contributed by atoms with Gasteiger partial charge in [0.2, 0.25) is 5.91 Å². The van der Waals surface area contributed by atoms with Gasteiger partial charge in [-0.1, -0.05) is 42.1 Å². The number of hydrogen-bond acceptors (Lipinski definition) is 5. The lowest BCUT2D eigenvalue weighted by molar-refractivity contribution is -0.115. The minimum atomic E-state index is -0.0454. The van der Waals surface area contributed by atoms with Crippen LogP contribution in [0.2, 0.25) is 0 Å². The van der Waals surface area contributed by atoms with Crippen molar-refractivity contribution < 1.29 is 4.79 Å². The van der Waals surface area contributed by atoms with Gasteiger partial charge in [0.15, 0.2) is 5.13 Å². The number of benzene rings is 2. The highest BCUT2D eigenvalue weighted by molar-refractivity contribution is 7.98. The van der Waals surface area contributed by atoms with E-state index in [-0.39, 0.29) is 5.91 Å². The molecule has 4 nitrogen and oxygen atoms in total. The minimum absolute atomic E-state index is 0.0454. The van der Waals surface area contributed by atoms with Gasteiger partial charge in [0.05, 0.1) is 21.9 Å². The molecule has 0 N–H and O–H groups in total. The van der Waals surface area contributed by atoms with Crippen molar-refractivity contribution in [3.63, 3.8) is 0 Å². The van der Waals surface area contributed by atoms with E-state index in [0.717, 1.165) is 27.5 Å². The van der Waals surface area contributed by atoms with Crippen LogP contribution in [0.4, 0.5) is 10.8 Å². The van der Waals surface area contributed by atoms with Crippen LogP contribution in [-0.4, -0.2) is 15.9 Å². The number of carbonyl (C=O) groups excluding carboxylic acids is 1. The molecule has 0 aliphatic rings. The summed E-state index contributed by atoms with van der Waals surface area (Å²) in [5, 5.41) is 4.88. The van der Waals surface area contributed by atoms with Crippen LogP contribution in [0.3, 0.4) is 0 Å². The van der Waals surface area contributed by atoms with E-state index in [9.17, 15) is 4.79 Å². The maximum Gasteiger partial charge on any atom is 0.230 e. The van der Waals surface area contributed by atoms with E-state index < -0.39 is 0 Å². The highest BCUT2D eigenvalue weighted by Crippen LogP contribution is 2.32. The maximum absolute atomic E-state index is 12.3. The number of rotatable bonds is 5. The highest BCUT2D eigenvalue weighted by Gasteiger charge is 2.18. The number of aryl methyl sites for hydroxylation is 2. The number of anilines is 2. The lowest BCUT2D eigenvalue weighted by Crippen LogP contribution is -2.22. The van der Waals surface area contributed by atoms with Crippen molar-refractivity contribution >= 4 is 50.7 Å². The van der Waals surface area contributed by atoms with Crippen molar-refractivity contribution in [3.05, 3.63) is 76.8 Å². The van der Waals surface area contributed by atoms with Crippen LogP contribution >= 0.6 is 23.1 Å². The number of fused-ring (bicyclic) bond motifs is 1. The number of carbonyl (C=O) groups is 1. The first-order chi connectivity index (χ1) is 14.0. The van der Waals surface area contributed by atoms with Gasteiger partial charge in [-0.05, 0) is 49.2 Å². The molecule has 0 saturated carbocycles. The molecule has 1 amide bonds. The first-order valence-electron chi connectivity index (χ1n) is 9.32. The van der Waals surface area contributed by atoms with Gasteiger partial charge in [-0.25, -0.2) is 9.97 Å². The zero-order chi connectivity index (χ0) is 20.4. The van der Waals surface area contributed by atoms with Gasteiger partial charge in [-0.15, -0.1) is 11.3 Å². The second-order valence-corrected chi connectivity index (χ2v) is 8.73. The molecule has 0 bridgehead atoms. The third kappa shape index (κ3) is 4.33. The van der Waals surface area contributed by atoms with Crippen molar-refractivity contribution in [2.75, 3.05) is 4.90 Å². The molecule has 0 spiro atoms. The number of nitrogens with zero attached hydrogens (tertiary/aromatic N) is 3. The normalized spacial score (nSPS) is 11.0. The van der Waals surface area contributed by atoms with Crippen molar-refractivity contribution in [1.29, 1.82) is 0 Å². The van der Waals surface area contributed by atoms with Crippen LogP contribution in [0, 0.1) is 13.8 Å². The molecule has 2 heterocycles. The Morgan fingerprint density at radius 1 is 1.07 bits per heavy atom. The van der Waals surface area contributed by atoms with Gasteiger partial charge in [0.25, 0.3) is 0 Å². The summed E-state index contributed by atoms with van der Waals surface area (Å²) in [5.74, 6) is 0.664. The Morgan fingerprint density at radius 3 is 2.69 bits per heavy atom. The van der Waals surface area contributed by atoms with Gasteiger partial charge in [0.1, 0.15) is 0 Å². The van der Waals surface area contributed by atoms with Crippen LogP contribution in [0.15, 0.2) is 65.0 Å². The molecule has 4 rings (SSSR count). The van der Waals surface area contributed by atoms with Crippen molar-refractivity contribution in [3.8, 4) is 0 Å². The topological polar surface area (TPSA) is 46.1 Å². The lowest BCUT2D eigenvalue weighted by Gasteiger charge is -2.18. The predicted molar refractivity (Wildman–Crippen MR) is 122 cm³/mol. The molecule has 146 valence electrons. The standard InChI is InChI=1S/C23H21N3OS2/c1-15-7-6-8-19(11-15)26(17(3)27)23-24-18(14-29-23)13-28-22-12-16(2)20-9-4-5-10-21(20)25-22/h4-12,14H,13H2,1-3H3. The Balaban J connectivity index is 1.54. The minimum Gasteiger partial charge on any atom is -0.274 e. The Labute approximate surface area is 178 Å². The fourth-order valence-electron chi connectivity index (χ4n) is 3.20. The molecule has 0 radical (unpaired) electrons. The van der Waals surface area contributed by atoms with E-state index in [1.54, 1.807) is 23.6 Å². The van der Waals surface area contributed by atoms with E-state index in [1.807, 2.05) is 54.8 Å². The van der Waals surface area contributed by atoms with E-state index in [1.165, 1.54) is 22.3 Å². The van der Waals surface area contributed by atoms with E-state index >= 15 is 0 Å². The Kier molecular flexibility index (Phi) is 5.65. The van der Waals surface area contributed by atoms with Crippen molar-refractivity contribution in [2.45, 2.75) is 31.6 Å². The monoisotopic (exact) mass is 419 g/mol. The molecule has 0 aliphatic carbocycles. The van der Waals surface area contributed by atoms with Crippen molar-refractivity contribution in [1.82, 2.24) is 9.97 Å². The molecular weight excluding hydrogens is 398 g/mol. The molecule has 4 aromatic rings. The number of hydrogen-bond donors (Lipinski definition) is 0. The number of amides is 1. The average Bonchev–Trinajstić information content (AvgIpc) is 3.15. The SMILES string of the molecule is CC(=O)N(c1cccc(C)c1)c1nc(CSc2cc(C)c3ccccc3n2)cs1. The van der Waals surface area contributed by atoms with Crippen molar-refractivity contribution in [2.24, 2.45) is 0 Å².